The summed E-state index contributed by atoms with van der Waals surface area (Å²) in [5.41, 5.74) is 0.797. The SMILES string of the molecule is COCOc1cc2c(c(OCOC)c1)C(=O)O[C@@H](C)C/C=C\C(O)[C@H]1OC(C)(C)O[C@H]1CC=C2. The van der Waals surface area contributed by atoms with Crippen LogP contribution >= 0.6 is 0 Å². The molecule has 4 atom stereocenters. The summed E-state index contributed by atoms with van der Waals surface area (Å²) in [6.45, 7) is 5.39. The summed E-state index contributed by atoms with van der Waals surface area (Å²) in [7, 11) is 3.01. The highest BCUT2D eigenvalue weighted by molar-refractivity contribution is 5.97. The maximum Gasteiger partial charge on any atom is 0.342 e. The second kappa shape index (κ2) is 11.8. The Bertz CT molecular complexity index is 893. The molecule has 2 aliphatic heterocycles. The lowest BCUT2D eigenvalue weighted by atomic mass is 10.0. The van der Waals surface area contributed by atoms with E-state index in [0.29, 0.717) is 24.2 Å². The second-order valence-corrected chi connectivity index (χ2v) is 8.63. The highest BCUT2D eigenvalue weighted by Crippen LogP contribution is 2.34. The van der Waals surface area contributed by atoms with Gasteiger partial charge in [0.25, 0.3) is 0 Å². The molecular formula is C25H34O9. The van der Waals surface area contributed by atoms with Gasteiger partial charge in [-0.05, 0) is 38.8 Å². The Morgan fingerprint density at radius 1 is 1.06 bits per heavy atom. The van der Waals surface area contributed by atoms with E-state index in [9.17, 15) is 9.90 Å². The molecule has 0 saturated carbocycles. The average molecular weight is 479 g/mol. The van der Waals surface area contributed by atoms with Gasteiger partial charge in [-0.25, -0.2) is 4.79 Å². The minimum absolute atomic E-state index is 0.0297. The van der Waals surface area contributed by atoms with Crippen LogP contribution in [0.15, 0.2) is 30.4 Å². The topological polar surface area (TPSA) is 102 Å². The van der Waals surface area contributed by atoms with E-state index < -0.39 is 30.1 Å². The molecule has 9 nitrogen and oxygen atoms in total. The number of aliphatic hydroxyl groups excluding tert-OH is 1. The van der Waals surface area contributed by atoms with Crippen molar-refractivity contribution in [1.29, 1.82) is 0 Å². The van der Waals surface area contributed by atoms with Gasteiger partial charge in [0.05, 0.1) is 6.10 Å². The number of cyclic esters (lactones) is 1. The maximum atomic E-state index is 13.2. The van der Waals surface area contributed by atoms with Crippen LogP contribution in [0.5, 0.6) is 11.5 Å². The van der Waals surface area contributed by atoms with Crippen molar-refractivity contribution in [1.82, 2.24) is 0 Å². The number of methoxy groups -OCH3 is 2. The molecule has 3 rings (SSSR count). The maximum absolute atomic E-state index is 13.2. The molecule has 1 N–H and O–H groups in total. The number of carbonyl (C=O) groups is 1. The van der Waals surface area contributed by atoms with Crippen LogP contribution in [-0.2, 0) is 23.7 Å². The predicted molar refractivity (Wildman–Crippen MR) is 124 cm³/mol. The van der Waals surface area contributed by atoms with Gasteiger partial charge < -0.3 is 38.3 Å². The summed E-state index contributed by atoms with van der Waals surface area (Å²) in [6.07, 6.45) is 5.72. The van der Waals surface area contributed by atoms with Crippen molar-refractivity contribution in [3.05, 3.63) is 41.5 Å². The Balaban J connectivity index is 2.03. The van der Waals surface area contributed by atoms with Crippen LogP contribution in [0, 0.1) is 0 Å². The van der Waals surface area contributed by atoms with E-state index in [1.54, 1.807) is 37.3 Å². The molecule has 1 fully saturated rings. The minimum atomic E-state index is -0.860. The first kappa shape index (κ1) is 26.2. The predicted octanol–water partition coefficient (Wildman–Crippen LogP) is 3.44. The van der Waals surface area contributed by atoms with Gasteiger partial charge in [0.2, 0.25) is 0 Å². The zero-order valence-corrected chi connectivity index (χ0v) is 20.3. The summed E-state index contributed by atoms with van der Waals surface area (Å²) in [5, 5.41) is 10.7. The summed E-state index contributed by atoms with van der Waals surface area (Å²) in [6, 6.07) is 3.31. The number of ether oxygens (including phenoxy) is 7. The average Bonchev–Trinajstić information content (AvgIpc) is 3.09. The van der Waals surface area contributed by atoms with Crippen LogP contribution in [0.1, 0.15) is 49.5 Å². The Hall–Kier alpha value is -2.43. The summed E-state index contributed by atoms with van der Waals surface area (Å²) >= 11 is 0. The van der Waals surface area contributed by atoms with Crippen molar-refractivity contribution in [2.75, 3.05) is 27.8 Å². The molecule has 1 unspecified atom stereocenters. The van der Waals surface area contributed by atoms with Gasteiger partial charge in [0, 0.05) is 26.7 Å². The largest absolute Gasteiger partial charge is 0.467 e. The summed E-state index contributed by atoms with van der Waals surface area (Å²) in [4.78, 5) is 13.2. The van der Waals surface area contributed by atoms with Crippen LogP contribution < -0.4 is 9.47 Å². The van der Waals surface area contributed by atoms with Crippen molar-refractivity contribution in [2.24, 2.45) is 0 Å². The molecule has 0 aromatic heterocycles. The van der Waals surface area contributed by atoms with E-state index >= 15 is 0 Å². The van der Waals surface area contributed by atoms with Crippen LogP contribution in [-0.4, -0.2) is 69.1 Å². The number of fused-ring (bicyclic) bond motifs is 2. The van der Waals surface area contributed by atoms with Gasteiger partial charge in [-0.2, -0.15) is 0 Å². The normalized spacial score (nSPS) is 27.8. The van der Waals surface area contributed by atoms with E-state index in [2.05, 4.69) is 0 Å². The zero-order chi connectivity index (χ0) is 24.7. The van der Waals surface area contributed by atoms with Gasteiger partial charge in [0.1, 0.15) is 35.4 Å². The van der Waals surface area contributed by atoms with Crippen molar-refractivity contribution in [3.8, 4) is 11.5 Å². The fourth-order valence-corrected chi connectivity index (χ4v) is 3.88. The van der Waals surface area contributed by atoms with Gasteiger partial charge in [0.15, 0.2) is 19.4 Å². The Labute approximate surface area is 200 Å². The van der Waals surface area contributed by atoms with Crippen molar-refractivity contribution >= 4 is 12.0 Å². The number of benzene rings is 1. The van der Waals surface area contributed by atoms with Crippen molar-refractivity contribution < 1.29 is 43.1 Å². The molecule has 1 aromatic rings. The van der Waals surface area contributed by atoms with Crippen LogP contribution in [0.25, 0.3) is 6.08 Å². The Morgan fingerprint density at radius 3 is 2.53 bits per heavy atom. The van der Waals surface area contributed by atoms with Gasteiger partial charge in [-0.1, -0.05) is 24.3 Å². The first-order valence-electron chi connectivity index (χ1n) is 11.2. The first-order chi connectivity index (χ1) is 16.2. The first-order valence-corrected chi connectivity index (χ1v) is 11.2. The van der Waals surface area contributed by atoms with Crippen molar-refractivity contribution in [3.63, 3.8) is 0 Å². The highest BCUT2D eigenvalue weighted by Gasteiger charge is 2.43. The fraction of sp³-hybridized carbons (Fsp3) is 0.560. The third kappa shape index (κ3) is 6.80. The van der Waals surface area contributed by atoms with E-state index in [4.69, 9.17) is 33.2 Å². The minimum Gasteiger partial charge on any atom is -0.467 e. The molecule has 2 aliphatic rings. The fourth-order valence-electron chi connectivity index (χ4n) is 3.88. The van der Waals surface area contributed by atoms with E-state index in [1.165, 1.54) is 14.2 Å². The highest BCUT2D eigenvalue weighted by atomic mass is 16.8. The van der Waals surface area contributed by atoms with Gasteiger partial charge in [-0.15, -0.1) is 0 Å². The van der Waals surface area contributed by atoms with Crippen LogP contribution in [0.4, 0.5) is 0 Å². The lowest BCUT2D eigenvalue weighted by Gasteiger charge is -2.21. The summed E-state index contributed by atoms with van der Waals surface area (Å²) in [5.74, 6) is -0.638. The van der Waals surface area contributed by atoms with Gasteiger partial charge >= 0.3 is 5.97 Å². The van der Waals surface area contributed by atoms with E-state index in [0.717, 1.165) is 0 Å². The molecule has 0 amide bonds. The lowest BCUT2D eigenvalue weighted by Crippen LogP contribution is -2.34. The zero-order valence-electron chi connectivity index (χ0n) is 20.3. The molecule has 0 bridgehead atoms. The van der Waals surface area contributed by atoms with Crippen molar-refractivity contribution in [2.45, 2.75) is 63.8 Å². The van der Waals surface area contributed by atoms with Gasteiger partial charge in [-0.3, -0.25) is 0 Å². The molecule has 0 aliphatic carbocycles. The molecule has 1 saturated heterocycles. The smallest absolute Gasteiger partial charge is 0.342 e. The number of rotatable bonds is 6. The Morgan fingerprint density at radius 2 is 1.79 bits per heavy atom. The monoisotopic (exact) mass is 478 g/mol. The summed E-state index contributed by atoms with van der Waals surface area (Å²) < 4.78 is 39.0. The second-order valence-electron chi connectivity index (χ2n) is 8.63. The van der Waals surface area contributed by atoms with Crippen LogP contribution in [0.2, 0.25) is 0 Å². The molecular weight excluding hydrogens is 444 g/mol. The van der Waals surface area contributed by atoms with E-state index in [-0.39, 0.29) is 31.0 Å². The third-order valence-electron chi connectivity index (χ3n) is 5.32. The number of hydrogen-bond donors (Lipinski definition) is 1. The quantitative estimate of drug-likeness (QED) is 0.374. The van der Waals surface area contributed by atoms with Crippen LogP contribution in [0.3, 0.4) is 0 Å². The molecule has 188 valence electrons. The third-order valence-corrected chi connectivity index (χ3v) is 5.32. The number of esters is 1. The Kier molecular flexibility index (Phi) is 9.10. The molecule has 0 spiro atoms. The number of aliphatic hydroxyl groups is 1. The number of hydrogen-bond acceptors (Lipinski definition) is 9. The molecule has 2 heterocycles. The molecule has 9 heteroatoms. The van der Waals surface area contributed by atoms with E-state index in [1.807, 2.05) is 19.9 Å². The standard InChI is InChI=1S/C25H34O9/c1-16-8-6-10-19(26)23-20(33-25(2,3)34-23)11-7-9-17-12-18(30-14-28-4)13-21(31-15-29-5)22(17)24(27)32-16/h6-7,9-10,12-13,16,19-20,23,26H,8,11,14-15H2,1-5H3/b9-7?,10-6-/t16-,19?,20-,23+/m0/s1. The molecule has 1 aromatic carbocycles. The molecule has 0 radical (unpaired) electrons. The lowest BCUT2D eigenvalue weighted by molar-refractivity contribution is -0.152. The molecule has 34 heavy (non-hydrogen) atoms. The number of carbonyl (C=O) groups excluding carboxylic acids is 1.